The molecule has 0 spiro atoms. The van der Waals surface area contributed by atoms with Crippen LogP contribution in [0.4, 0.5) is 5.69 Å². The van der Waals surface area contributed by atoms with Crippen LogP contribution in [-0.4, -0.2) is 44.3 Å². The first-order valence-electron chi connectivity index (χ1n) is 8.72. The SMILES string of the molecule is C[C@H]1C[C@@H](C(=O)Nc2ccc(Cl)c(S(=O)(=O)N3CCCC3)c2)CCN1.Cl. The van der Waals surface area contributed by atoms with Gasteiger partial charge < -0.3 is 10.6 Å². The van der Waals surface area contributed by atoms with Crippen molar-refractivity contribution in [3.05, 3.63) is 23.2 Å². The summed E-state index contributed by atoms with van der Waals surface area (Å²) in [7, 11) is -3.62. The van der Waals surface area contributed by atoms with Crippen molar-refractivity contribution in [2.24, 2.45) is 5.92 Å². The molecule has 1 amide bonds. The van der Waals surface area contributed by atoms with Gasteiger partial charge in [-0.05, 0) is 57.4 Å². The minimum Gasteiger partial charge on any atom is -0.326 e. The average Bonchev–Trinajstić information content (AvgIpc) is 3.12. The Hall–Kier alpha value is -0.860. The van der Waals surface area contributed by atoms with Crippen molar-refractivity contribution >= 4 is 45.6 Å². The third-order valence-electron chi connectivity index (χ3n) is 4.88. The summed E-state index contributed by atoms with van der Waals surface area (Å²) >= 11 is 6.14. The number of hydrogen-bond donors (Lipinski definition) is 2. The van der Waals surface area contributed by atoms with E-state index >= 15 is 0 Å². The predicted molar refractivity (Wildman–Crippen MR) is 106 cm³/mol. The lowest BCUT2D eigenvalue weighted by molar-refractivity contribution is -0.120. The van der Waals surface area contributed by atoms with Crippen molar-refractivity contribution in [1.29, 1.82) is 0 Å². The van der Waals surface area contributed by atoms with Crippen LogP contribution in [0.1, 0.15) is 32.6 Å². The number of carbonyl (C=O) groups excluding carboxylic acids is 1. The van der Waals surface area contributed by atoms with Crippen LogP contribution < -0.4 is 10.6 Å². The van der Waals surface area contributed by atoms with Crippen molar-refractivity contribution in [2.75, 3.05) is 25.0 Å². The van der Waals surface area contributed by atoms with Crippen LogP contribution >= 0.6 is 24.0 Å². The Bertz CT molecular complexity index is 752. The summed E-state index contributed by atoms with van der Waals surface area (Å²) in [5.74, 6) is -0.134. The number of piperidine rings is 1. The number of nitrogens with zero attached hydrogens (tertiary/aromatic N) is 1. The number of rotatable bonds is 4. The minimum atomic E-state index is -3.62. The highest BCUT2D eigenvalue weighted by molar-refractivity contribution is 7.89. The summed E-state index contributed by atoms with van der Waals surface area (Å²) in [6.45, 7) is 3.90. The van der Waals surface area contributed by atoms with E-state index < -0.39 is 10.0 Å². The van der Waals surface area contributed by atoms with Crippen LogP contribution in [0.2, 0.25) is 5.02 Å². The first-order valence-corrected chi connectivity index (χ1v) is 10.5. The molecule has 0 saturated carbocycles. The van der Waals surface area contributed by atoms with Crippen LogP contribution in [-0.2, 0) is 14.8 Å². The van der Waals surface area contributed by atoms with Crippen molar-refractivity contribution in [3.63, 3.8) is 0 Å². The van der Waals surface area contributed by atoms with E-state index in [-0.39, 0.29) is 34.2 Å². The highest BCUT2D eigenvalue weighted by atomic mass is 35.5. The zero-order chi connectivity index (χ0) is 18.0. The molecule has 1 aromatic rings. The van der Waals surface area contributed by atoms with E-state index in [2.05, 4.69) is 17.6 Å². The normalized spacial score (nSPS) is 24.1. The molecule has 2 heterocycles. The molecule has 0 bridgehead atoms. The summed E-state index contributed by atoms with van der Waals surface area (Å²) in [4.78, 5) is 12.5. The molecule has 0 aromatic heterocycles. The van der Waals surface area contributed by atoms with Gasteiger partial charge in [0.15, 0.2) is 0 Å². The lowest BCUT2D eigenvalue weighted by atomic mass is 9.92. The van der Waals surface area contributed by atoms with Crippen LogP contribution in [0.15, 0.2) is 23.1 Å². The highest BCUT2D eigenvalue weighted by Gasteiger charge is 2.30. The first-order chi connectivity index (χ1) is 11.9. The Balaban J connectivity index is 0.00000243. The fourth-order valence-electron chi connectivity index (χ4n) is 3.46. The van der Waals surface area contributed by atoms with Gasteiger partial charge in [-0.15, -0.1) is 12.4 Å². The van der Waals surface area contributed by atoms with Crippen molar-refractivity contribution in [3.8, 4) is 0 Å². The maximum Gasteiger partial charge on any atom is 0.244 e. The summed E-state index contributed by atoms with van der Waals surface area (Å²) in [6.07, 6.45) is 3.28. The van der Waals surface area contributed by atoms with Gasteiger partial charge in [0.2, 0.25) is 15.9 Å². The Morgan fingerprint density at radius 2 is 2.00 bits per heavy atom. The van der Waals surface area contributed by atoms with E-state index in [1.807, 2.05) is 0 Å². The van der Waals surface area contributed by atoms with Gasteiger partial charge in [0.05, 0.1) is 5.02 Å². The Kier molecular flexibility index (Phi) is 7.33. The fourth-order valence-corrected chi connectivity index (χ4v) is 5.48. The molecule has 2 aliphatic heterocycles. The Morgan fingerprint density at radius 1 is 1.31 bits per heavy atom. The average molecular weight is 422 g/mol. The van der Waals surface area contributed by atoms with Gasteiger partial charge in [-0.3, -0.25) is 4.79 Å². The van der Waals surface area contributed by atoms with Crippen LogP contribution in [0.25, 0.3) is 0 Å². The molecule has 9 heteroatoms. The third-order valence-corrected chi connectivity index (χ3v) is 7.26. The maximum atomic E-state index is 12.8. The molecule has 0 unspecified atom stereocenters. The molecule has 6 nitrogen and oxygen atoms in total. The number of nitrogens with one attached hydrogen (secondary N) is 2. The van der Waals surface area contributed by atoms with Crippen molar-refractivity contribution < 1.29 is 13.2 Å². The van der Waals surface area contributed by atoms with Crippen molar-refractivity contribution in [1.82, 2.24) is 9.62 Å². The van der Waals surface area contributed by atoms with Crippen molar-refractivity contribution in [2.45, 2.75) is 43.5 Å². The van der Waals surface area contributed by atoms with E-state index in [0.717, 1.165) is 32.2 Å². The van der Waals surface area contributed by atoms with Crippen LogP contribution in [0.5, 0.6) is 0 Å². The Morgan fingerprint density at radius 3 is 2.65 bits per heavy atom. The van der Waals surface area contributed by atoms with Gasteiger partial charge >= 0.3 is 0 Å². The number of halogens is 2. The Labute approximate surface area is 166 Å². The second-order valence-corrected chi connectivity index (χ2v) is 9.14. The molecule has 26 heavy (non-hydrogen) atoms. The number of carbonyl (C=O) groups is 1. The number of sulfonamides is 1. The first kappa shape index (κ1) is 21.4. The topological polar surface area (TPSA) is 78.5 Å². The smallest absolute Gasteiger partial charge is 0.244 e. The second kappa shape index (κ2) is 8.89. The number of hydrogen-bond acceptors (Lipinski definition) is 4. The van der Waals surface area contributed by atoms with Gasteiger partial charge in [-0.25, -0.2) is 8.42 Å². The molecule has 3 rings (SSSR count). The van der Waals surface area contributed by atoms with E-state index in [1.54, 1.807) is 6.07 Å². The standard InChI is InChI=1S/C17H24ClN3O3S.ClH/c1-12-10-13(6-7-19-12)17(22)20-14-4-5-15(18)16(11-14)25(23,24)21-8-2-3-9-21;/h4-5,11-13,19H,2-3,6-10H2,1H3,(H,20,22);1H/t12-,13-;/m0./s1. The number of amides is 1. The lowest BCUT2D eigenvalue weighted by Gasteiger charge is -2.27. The van der Waals surface area contributed by atoms with E-state index in [0.29, 0.717) is 24.8 Å². The largest absolute Gasteiger partial charge is 0.326 e. The molecule has 2 N–H and O–H groups in total. The van der Waals surface area contributed by atoms with Crippen LogP contribution in [0.3, 0.4) is 0 Å². The van der Waals surface area contributed by atoms with Gasteiger partial charge in [-0.2, -0.15) is 4.31 Å². The monoisotopic (exact) mass is 421 g/mol. The predicted octanol–water partition coefficient (Wildman–Crippen LogP) is 2.87. The quantitative estimate of drug-likeness (QED) is 0.782. The molecular weight excluding hydrogens is 397 g/mol. The summed E-state index contributed by atoms with van der Waals surface area (Å²) < 4.78 is 27.0. The molecule has 0 aliphatic carbocycles. The number of benzene rings is 1. The summed E-state index contributed by atoms with van der Waals surface area (Å²) in [6, 6.07) is 4.96. The molecular formula is C17H25Cl2N3O3S. The van der Waals surface area contributed by atoms with Crippen LogP contribution in [0, 0.1) is 5.92 Å². The van der Waals surface area contributed by atoms with E-state index in [4.69, 9.17) is 11.6 Å². The molecule has 2 atom stereocenters. The molecule has 146 valence electrons. The molecule has 1 aromatic carbocycles. The molecule has 2 fully saturated rings. The molecule has 2 aliphatic rings. The van der Waals surface area contributed by atoms with Gasteiger partial charge in [-0.1, -0.05) is 11.6 Å². The molecule has 0 radical (unpaired) electrons. The van der Waals surface area contributed by atoms with Gasteiger partial charge in [0.1, 0.15) is 4.90 Å². The maximum absolute atomic E-state index is 12.8. The minimum absolute atomic E-state index is 0. The summed E-state index contributed by atoms with van der Waals surface area (Å²) in [5, 5.41) is 6.35. The number of anilines is 1. The molecule has 2 saturated heterocycles. The van der Waals surface area contributed by atoms with E-state index in [1.165, 1.54) is 16.4 Å². The van der Waals surface area contributed by atoms with E-state index in [9.17, 15) is 13.2 Å². The lowest BCUT2D eigenvalue weighted by Crippen LogP contribution is -2.40. The van der Waals surface area contributed by atoms with Gasteiger partial charge in [0.25, 0.3) is 0 Å². The van der Waals surface area contributed by atoms with Gasteiger partial charge in [0, 0.05) is 30.7 Å². The summed E-state index contributed by atoms with van der Waals surface area (Å²) in [5.41, 5.74) is 0.471. The second-order valence-electron chi connectivity index (χ2n) is 6.82. The fraction of sp³-hybridized carbons (Fsp3) is 0.588. The third kappa shape index (κ3) is 4.70. The zero-order valence-corrected chi connectivity index (χ0v) is 17.1. The highest BCUT2D eigenvalue weighted by Crippen LogP contribution is 2.30. The zero-order valence-electron chi connectivity index (χ0n) is 14.7.